The summed E-state index contributed by atoms with van der Waals surface area (Å²) in [7, 11) is 0. The van der Waals surface area contributed by atoms with E-state index in [0.717, 1.165) is 12.2 Å². The van der Waals surface area contributed by atoms with Crippen LogP contribution in [0.2, 0.25) is 0 Å². The zero-order chi connectivity index (χ0) is 10.4. The summed E-state index contributed by atoms with van der Waals surface area (Å²) in [6, 6.07) is 0.0867. The average Bonchev–Trinajstić information content (AvgIpc) is 2.60. The first kappa shape index (κ1) is 11.2. The standard InChI is InChI=1S/C11H21N3/c1-3-4-5-6-7-14-9-13-8-11(14)10(2)12/h8-10H,3-7,12H2,1-2H3. The Kier molecular flexibility index (Phi) is 4.66. The molecule has 0 aliphatic carbocycles. The van der Waals surface area contributed by atoms with Gasteiger partial charge in [0.05, 0.1) is 12.0 Å². The second-order valence-electron chi connectivity index (χ2n) is 3.86. The Hall–Kier alpha value is -0.830. The molecule has 0 aromatic carbocycles. The van der Waals surface area contributed by atoms with Gasteiger partial charge in [0.25, 0.3) is 0 Å². The number of hydrogen-bond donors (Lipinski definition) is 1. The lowest BCUT2D eigenvalue weighted by Gasteiger charge is -2.10. The van der Waals surface area contributed by atoms with E-state index in [1.807, 2.05) is 19.4 Å². The second kappa shape index (κ2) is 5.81. The maximum absolute atomic E-state index is 5.83. The van der Waals surface area contributed by atoms with Crippen LogP contribution >= 0.6 is 0 Å². The molecule has 0 bridgehead atoms. The van der Waals surface area contributed by atoms with E-state index in [9.17, 15) is 0 Å². The molecular formula is C11H21N3. The lowest BCUT2D eigenvalue weighted by atomic mass is 10.2. The van der Waals surface area contributed by atoms with E-state index in [-0.39, 0.29) is 6.04 Å². The van der Waals surface area contributed by atoms with E-state index in [4.69, 9.17) is 5.73 Å². The van der Waals surface area contributed by atoms with Gasteiger partial charge in [0.15, 0.2) is 0 Å². The van der Waals surface area contributed by atoms with E-state index in [0.29, 0.717) is 0 Å². The van der Waals surface area contributed by atoms with E-state index in [1.165, 1.54) is 25.7 Å². The molecule has 1 aromatic rings. The highest BCUT2D eigenvalue weighted by Gasteiger charge is 2.05. The topological polar surface area (TPSA) is 43.8 Å². The predicted molar refractivity (Wildman–Crippen MR) is 59.0 cm³/mol. The number of hydrogen-bond acceptors (Lipinski definition) is 2. The van der Waals surface area contributed by atoms with Crippen LogP contribution in [0.3, 0.4) is 0 Å². The Labute approximate surface area is 86.3 Å². The number of unbranched alkanes of at least 4 members (excludes halogenated alkanes) is 3. The lowest BCUT2D eigenvalue weighted by Crippen LogP contribution is -2.11. The molecule has 1 rings (SSSR count). The zero-order valence-electron chi connectivity index (χ0n) is 9.24. The molecule has 0 spiro atoms. The molecule has 80 valence electrons. The fourth-order valence-electron chi connectivity index (χ4n) is 1.61. The van der Waals surface area contributed by atoms with E-state index >= 15 is 0 Å². The van der Waals surface area contributed by atoms with Gasteiger partial charge in [-0.3, -0.25) is 0 Å². The smallest absolute Gasteiger partial charge is 0.0948 e. The van der Waals surface area contributed by atoms with E-state index in [1.54, 1.807) is 0 Å². The summed E-state index contributed by atoms with van der Waals surface area (Å²) in [5.41, 5.74) is 6.97. The van der Waals surface area contributed by atoms with Crippen molar-refractivity contribution in [2.45, 2.75) is 52.1 Å². The summed E-state index contributed by atoms with van der Waals surface area (Å²) >= 11 is 0. The molecule has 0 aliphatic heterocycles. The molecule has 1 heterocycles. The maximum Gasteiger partial charge on any atom is 0.0948 e. The molecule has 3 heteroatoms. The van der Waals surface area contributed by atoms with Gasteiger partial charge in [0.1, 0.15) is 0 Å². The molecule has 1 unspecified atom stereocenters. The predicted octanol–water partition coefficient (Wildman–Crippen LogP) is 2.48. The summed E-state index contributed by atoms with van der Waals surface area (Å²) in [6.45, 7) is 5.28. The van der Waals surface area contributed by atoms with Gasteiger partial charge < -0.3 is 10.3 Å². The van der Waals surface area contributed by atoms with Crippen molar-refractivity contribution in [1.82, 2.24) is 9.55 Å². The van der Waals surface area contributed by atoms with Crippen molar-refractivity contribution >= 4 is 0 Å². The highest BCUT2D eigenvalue weighted by Crippen LogP contribution is 2.10. The summed E-state index contributed by atoms with van der Waals surface area (Å²) in [6.07, 6.45) is 8.87. The highest BCUT2D eigenvalue weighted by molar-refractivity contribution is 5.02. The monoisotopic (exact) mass is 195 g/mol. The van der Waals surface area contributed by atoms with Gasteiger partial charge in [-0.15, -0.1) is 0 Å². The minimum Gasteiger partial charge on any atom is -0.333 e. The van der Waals surface area contributed by atoms with Gasteiger partial charge in [-0.25, -0.2) is 4.98 Å². The number of nitrogens with zero attached hydrogens (tertiary/aromatic N) is 2. The summed E-state index contributed by atoms with van der Waals surface area (Å²) in [5, 5.41) is 0. The first-order valence-corrected chi connectivity index (χ1v) is 5.51. The third-order valence-electron chi connectivity index (χ3n) is 2.46. The van der Waals surface area contributed by atoms with Gasteiger partial charge in [0.2, 0.25) is 0 Å². The Morgan fingerprint density at radius 1 is 1.43 bits per heavy atom. The lowest BCUT2D eigenvalue weighted by molar-refractivity contribution is 0.555. The van der Waals surface area contributed by atoms with Gasteiger partial charge >= 0.3 is 0 Å². The van der Waals surface area contributed by atoms with E-state index in [2.05, 4.69) is 16.5 Å². The molecule has 0 aliphatic rings. The molecule has 3 nitrogen and oxygen atoms in total. The van der Waals surface area contributed by atoms with Crippen molar-refractivity contribution in [2.75, 3.05) is 0 Å². The van der Waals surface area contributed by atoms with Crippen molar-refractivity contribution in [1.29, 1.82) is 0 Å². The first-order chi connectivity index (χ1) is 6.75. The molecule has 1 atom stereocenters. The van der Waals surface area contributed by atoms with Gasteiger partial charge in [-0.2, -0.15) is 0 Å². The fraction of sp³-hybridized carbons (Fsp3) is 0.727. The zero-order valence-corrected chi connectivity index (χ0v) is 9.24. The molecule has 0 fully saturated rings. The number of nitrogens with two attached hydrogens (primary N) is 1. The second-order valence-corrected chi connectivity index (χ2v) is 3.86. The summed E-state index contributed by atoms with van der Waals surface area (Å²) in [4.78, 5) is 4.13. The molecule has 0 saturated carbocycles. The van der Waals surface area contributed by atoms with Crippen LogP contribution in [0.15, 0.2) is 12.5 Å². The van der Waals surface area contributed by atoms with Crippen molar-refractivity contribution in [3.63, 3.8) is 0 Å². The van der Waals surface area contributed by atoms with Crippen molar-refractivity contribution in [3.05, 3.63) is 18.2 Å². The molecule has 0 radical (unpaired) electrons. The van der Waals surface area contributed by atoms with Crippen LogP contribution in [0.4, 0.5) is 0 Å². The van der Waals surface area contributed by atoms with Gasteiger partial charge in [-0.1, -0.05) is 26.2 Å². The molecule has 14 heavy (non-hydrogen) atoms. The van der Waals surface area contributed by atoms with Crippen molar-refractivity contribution in [3.8, 4) is 0 Å². The molecule has 1 aromatic heterocycles. The fourth-order valence-corrected chi connectivity index (χ4v) is 1.61. The average molecular weight is 195 g/mol. The van der Waals surface area contributed by atoms with Crippen LogP contribution in [-0.4, -0.2) is 9.55 Å². The van der Waals surface area contributed by atoms with Crippen LogP contribution in [0.5, 0.6) is 0 Å². The number of rotatable bonds is 6. The van der Waals surface area contributed by atoms with Crippen LogP contribution < -0.4 is 5.73 Å². The van der Waals surface area contributed by atoms with Gasteiger partial charge in [-0.05, 0) is 13.3 Å². The van der Waals surface area contributed by atoms with Crippen LogP contribution in [0.1, 0.15) is 51.3 Å². The summed E-state index contributed by atoms with van der Waals surface area (Å²) < 4.78 is 2.17. The Morgan fingerprint density at radius 3 is 2.86 bits per heavy atom. The molecular weight excluding hydrogens is 174 g/mol. The Balaban J connectivity index is 2.38. The molecule has 0 saturated heterocycles. The van der Waals surface area contributed by atoms with Crippen LogP contribution in [0.25, 0.3) is 0 Å². The quantitative estimate of drug-likeness (QED) is 0.709. The SMILES string of the molecule is CCCCCCn1cncc1C(C)N. The number of imidazole rings is 1. The Morgan fingerprint density at radius 2 is 2.21 bits per heavy atom. The number of aromatic nitrogens is 2. The third-order valence-corrected chi connectivity index (χ3v) is 2.46. The highest BCUT2D eigenvalue weighted by atomic mass is 15.1. The van der Waals surface area contributed by atoms with Crippen molar-refractivity contribution < 1.29 is 0 Å². The number of aryl methyl sites for hydroxylation is 1. The first-order valence-electron chi connectivity index (χ1n) is 5.51. The minimum absolute atomic E-state index is 0.0867. The van der Waals surface area contributed by atoms with Crippen LogP contribution in [0, 0.1) is 0 Å². The minimum atomic E-state index is 0.0867. The molecule has 2 N–H and O–H groups in total. The van der Waals surface area contributed by atoms with E-state index < -0.39 is 0 Å². The normalized spacial score (nSPS) is 13.1. The van der Waals surface area contributed by atoms with Crippen LogP contribution in [-0.2, 0) is 6.54 Å². The summed E-state index contributed by atoms with van der Waals surface area (Å²) in [5.74, 6) is 0. The third kappa shape index (κ3) is 3.14. The van der Waals surface area contributed by atoms with Crippen molar-refractivity contribution in [2.24, 2.45) is 5.73 Å². The van der Waals surface area contributed by atoms with Gasteiger partial charge in [0, 0.05) is 18.8 Å². The molecule has 0 amide bonds. The largest absolute Gasteiger partial charge is 0.333 e. The Bertz CT molecular complexity index is 253. The maximum atomic E-state index is 5.83.